The average molecular weight is 439 g/mol. The number of nitrogens with one attached hydrogen (secondary N) is 1. The van der Waals surface area contributed by atoms with E-state index in [1.807, 2.05) is 38.1 Å². The Morgan fingerprint density at radius 3 is 2.16 bits per heavy atom. The van der Waals surface area contributed by atoms with Crippen LogP contribution in [0.3, 0.4) is 0 Å². The Balaban J connectivity index is 1.59. The standard InChI is InChI=1S/C25H30N2O5/c1-3-13-27(15-24(29)30)23(28)14-17(4-2)26-25(31)32-16-22-20-11-7-5-9-18(20)19-10-6-8-12-21(19)22/h5-12,17,22H,3-4,13-16H2,1-2H3,(H,26,31)(H,29,30). The Hall–Kier alpha value is -3.35. The smallest absolute Gasteiger partial charge is 0.407 e. The molecule has 0 heterocycles. The van der Waals surface area contributed by atoms with Gasteiger partial charge in [0.05, 0.1) is 0 Å². The van der Waals surface area contributed by atoms with Gasteiger partial charge >= 0.3 is 12.1 Å². The van der Waals surface area contributed by atoms with Gasteiger partial charge in [-0.3, -0.25) is 9.59 Å². The number of carbonyl (C=O) groups is 3. The molecule has 0 aliphatic heterocycles. The number of carboxylic acid groups (broad SMARTS) is 1. The summed E-state index contributed by atoms with van der Waals surface area (Å²) >= 11 is 0. The van der Waals surface area contributed by atoms with E-state index in [2.05, 4.69) is 29.6 Å². The highest BCUT2D eigenvalue weighted by molar-refractivity contribution is 5.82. The number of aliphatic carboxylic acids is 1. The van der Waals surface area contributed by atoms with Crippen molar-refractivity contribution in [2.75, 3.05) is 19.7 Å². The molecule has 2 aromatic carbocycles. The molecule has 2 aromatic rings. The quantitative estimate of drug-likeness (QED) is 0.584. The molecule has 1 aliphatic rings. The molecule has 7 heteroatoms. The fourth-order valence-electron chi connectivity index (χ4n) is 4.17. The maximum atomic E-state index is 12.5. The lowest BCUT2D eigenvalue weighted by molar-refractivity contribution is -0.144. The van der Waals surface area contributed by atoms with Gasteiger partial charge in [-0.05, 0) is 35.1 Å². The second-order valence-electron chi connectivity index (χ2n) is 7.99. The third-order valence-electron chi connectivity index (χ3n) is 5.75. The molecule has 0 bridgehead atoms. The largest absolute Gasteiger partial charge is 0.480 e. The Morgan fingerprint density at radius 1 is 1.03 bits per heavy atom. The first-order chi connectivity index (χ1) is 15.4. The first-order valence-electron chi connectivity index (χ1n) is 11.1. The number of carbonyl (C=O) groups excluding carboxylic acids is 2. The second-order valence-corrected chi connectivity index (χ2v) is 7.99. The van der Waals surface area contributed by atoms with Crippen LogP contribution in [0.1, 0.15) is 50.2 Å². The fraction of sp³-hybridized carbons (Fsp3) is 0.400. The number of fused-ring (bicyclic) bond motifs is 3. The summed E-state index contributed by atoms with van der Waals surface area (Å²) in [4.78, 5) is 37.4. The maximum Gasteiger partial charge on any atom is 0.407 e. The average Bonchev–Trinajstić information content (AvgIpc) is 3.10. The highest BCUT2D eigenvalue weighted by Crippen LogP contribution is 2.44. The second kappa shape index (κ2) is 10.8. The van der Waals surface area contributed by atoms with Crippen LogP contribution in [-0.2, 0) is 14.3 Å². The number of hydrogen-bond donors (Lipinski definition) is 2. The minimum Gasteiger partial charge on any atom is -0.480 e. The number of nitrogens with zero attached hydrogens (tertiary/aromatic N) is 1. The first kappa shape index (κ1) is 23.3. The van der Waals surface area contributed by atoms with Crippen LogP contribution in [-0.4, -0.2) is 53.7 Å². The molecule has 170 valence electrons. The zero-order chi connectivity index (χ0) is 23.1. The molecule has 0 saturated heterocycles. The van der Waals surface area contributed by atoms with Crippen LogP contribution in [0.5, 0.6) is 0 Å². The Kier molecular flexibility index (Phi) is 7.87. The van der Waals surface area contributed by atoms with Gasteiger partial charge in [0, 0.05) is 24.9 Å². The normalized spacial score (nSPS) is 13.1. The van der Waals surface area contributed by atoms with E-state index in [-0.39, 0.29) is 31.4 Å². The van der Waals surface area contributed by atoms with Gasteiger partial charge in [0.15, 0.2) is 0 Å². The van der Waals surface area contributed by atoms with Crippen molar-refractivity contribution in [1.82, 2.24) is 10.2 Å². The maximum absolute atomic E-state index is 12.5. The van der Waals surface area contributed by atoms with Crippen LogP contribution < -0.4 is 5.32 Å². The SMILES string of the molecule is CCCN(CC(=O)O)C(=O)CC(CC)NC(=O)OCC1c2ccccc2-c2ccccc21. The van der Waals surface area contributed by atoms with Crippen LogP contribution >= 0.6 is 0 Å². The number of amides is 2. The van der Waals surface area contributed by atoms with E-state index in [1.165, 1.54) is 4.90 Å². The van der Waals surface area contributed by atoms with Gasteiger partial charge in [-0.1, -0.05) is 62.4 Å². The number of rotatable bonds is 10. The summed E-state index contributed by atoms with van der Waals surface area (Å²) in [6.07, 6.45) is 0.652. The topological polar surface area (TPSA) is 95.9 Å². The van der Waals surface area contributed by atoms with Crippen molar-refractivity contribution in [3.05, 3.63) is 59.7 Å². The Labute approximate surface area is 188 Å². The van der Waals surface area contributed by atoms with Gasteiger partial charge in [-0.2, -0.15) is 0 Å². The summed E-state index contributed by atoms with van der Waals surface area (Å²) in [6, 6.07) is 15.8. The van der Waals surface area contributed by atoms with E-state index in [0.29, 0.717) is 19.4 Å². The summed E-state index contributed by atoms with van der Waals surface area (Å²) in [7, 11) is 0. The van der Waals surface area contributed by atoms with Gasteiger partial charge in [-0.25, -0.2) is 4.79 Å². The number of hydrogen-bond acceptors (Lipinski definition) is 4. The molecular weight excluding hydrogens is 408 g/mol. The minimum absolute atomic E-state index is 0.0357. The highest BCUT2D eigenvalue weighted by atomic mass is 16.5. The van der Waals surface area contributed by atoms with Crippen LogP contribution in [0.25, 0.3) is 11.1 Å². The number of carboxylic acids is 1. The number of alkyl carbamates (subject to hydrolysis) is 1. The van der Waals surface area contributed by atoms with Gasteiger partial charge < -0.3 is 20.1 Å². The predicted molar refractivity (Wildman–Crippen MR) is 121 cm³/mol. The lowest BCUT2D eigenvalue weighted by Crippen LogP contribution is -2.42. The van der Waals surface area contributed by atoms with Crippen molar-refractivity contribution >= 4 is 18.0 Å². The van der Waals surface area contributed by atoms with Crippen molar-refractivity contribution in [1.29, 1.82) is 0 Å². The monoisotopic (exact) mass is 438 g/mol. The molecule has 1 aliphatic carbocycles. The molecule has 0 aromatic heterocycles. The zero-order valence-electron chi connectivity index (χ0n) is 18.5. The van der Waals surface area contributed by atoms with Gasteiger partial charge in [0.1, 0.15) is 13.2 Å². The van der Waals surface area contributed by atoms with Crippen molar-refractivity contribution in [3.8, 4) is 11.1 Å². The third-order valence-corrected chi connectivity index (χ3v) is 5.75. The Morgan fingerprint density at radius 2 is 1.62 bits per heavy atom. The first-order valence-corrected chi connectivity index (χ1v) is 11.1. The van der Waals surface area contributed by atoms with Crippen molar-refractivity contribution < 1.29 is 24.2 Å². The van der Waals surface area contributed by atoms with E-state index in [9.17, 15) is 14.4 Å². The van der Waals surface area contributed by atoms with E-state index in [0.717, 1.165) is 22.3 Å². The number of ether oxygens (including phenoxy) is 1. The molecule has 2 N–H and O–H groups in total. The lowest BCUT2D eigenvalue weighted by Gasteiger charge is -2.23. The van der Waals surface area contributed by atoms with Crippen molar-refractivity contribution in [2.45, 2.75) is 45.1 Å². The van der Waals surface area contributed by atoms with Gasteiger partial charge in [-0.15, -0.1) is 0 Å². The predicted octanol–water partition coefficient (Wildman–Crippen LogP) is 4.02. The van der Waals surface area contributed by atoms with E-state index in [4.69, 9.17) is 9.84 Å². The fourth-order valence-corrected chi connectivity index (χ4v) is 4.17. The third kappa shape index (κ3) is 5.46. The Bertz CT molecular complexity index is 929. The molecule has 1 unspecified atom stereocenters. The van der Waals surface area contributed by atoms with Crippen LogP contribution in [0.15, 0.2) is 48.5 Å². The highest BCUT2D eigenvalue weighted by Gasteiger charge is 2.29. The molecule has 1 atom stereocenters. The summed E-state index contributed by atoms with van der Waals surface area (Å²) < 4.78 is 5.56. The molecule has 0 fully saturated rings. The van der Waals surface area contributed by atoms with E-state index in [1.54, 1.807) is 0 Å². The molecule has 0 saturated carbocycles. The lowest BCUT2D eigenvalue weighted by atomic mass is 9.98. The molecule has 3 rings (SSSR count). The molecular formula is C25H30N2O5. The summed E-state index contributed by atoms with van der Waals surface area (Å²) in [5.74, 6) is -1.38. The van der Waals surface area contributed by atoms with Gasteiger partial charge in [0.2, 0.25) is 5.91 Å². The van der Waals surface area contributed by atoms with Gasteiger partial charge in [0.25, 0.3) is 0 Å². The molecule has 2 amide bonds. The van der Waals surface area contributed by atoms with Crippen molar-refractivity contribution in [2.24, 2.45) is 0 Å². The van der Waals surface area contributed by atoms with Crippen LogP contribution in [0.2, 0.25) is 0 Å². The molecule has 0 radical (unpaired) electrons. The molecule has 0 spiro atoms. The van der Waals surface area contributed by atoms with E-state index < -0.39 is 18.1 Å². The van der Waals surface area contributed by atoms with Crippen LogP contribution in [0, 0.1) is 0 Å². The molecule has 7 nitrogen and oxygen atoms in total. The zero-order valence-corrected chi connectivity index (χ0v) is 18.5. The summed E-state index contributed by atoms with van der Waals surface area (Å²) in [6.45, 7) is 3.98. The summed E-state index contributed by atoms with van der Waals surface area (Å²) in [5.41, 5.74) is 4.58. The minimum atomic E-state index is -1.05. The number of benzene rings is 2. The van der Waals surface area contributed by atoms with E-state index >= 15 is 0 Å². The van der Waals surface area contributed by atoms with Crippen LogP contribution in [0.4, 0.5) is 4.79 Å². The van der Waals surface area contributed by atoms with Crippen molar-refractivity contribution in [3.63, 3.8) is 0 Å². The summed E-state index contributed by atoms with van der Waals surface area (Å²) in [5, 5.41) is 11.8. The molecule has 32 heavy (non-hydrogen) atoms.